The minimum Gasteiger partial charge on any atom is -0.394 e. The van der Waals surface area contributed by atoms with Gasteiger partial charge in [-0.1, -0.05) is 30.3 Å². The summed E-state index contributed by atoms with van der Waals surface area (Å²) >= 11 is 0. The molecule has 6 heteroatoms. The molecule has 0 bridgehead atoms. The molecule has 0 radical (unpaired) electrons. The summed E-state index contributed by atoms with van der Waals surface area (Å²) in [7, 11) is 0. The van der Waals surface area contributed by atoms with E-state index in [-0.39, 0.29) is 6.61 Å². The monoisotopic (exact) mass is 263 g/mol. The normalized spacial score (nSPS) is 15.4. The second-order valence-electron chi connectivity index (χ2n) is 4.10. The molecule has 1 aromatic carbocycles. The lowest BCUT2D eigenvalue weighted by Crippen LogP contribution is -2.45. The molecule has 0 fully saturated rings. The highest BCUT2D eigenvalue weighted by Gasteiger charge is 2.29. The first-order chi connectivity index (χ1) is 8.37. The van der Waals surface area contributed by atoms with Crippen molar-refractivity contribution in [3.8, 4) is 0 Å². The van der Waals surface area contributed by atoms with Crippen LogP contribution >= 0.6 is 0 Å². The van der Waals surface area contributed by atoms with Crippen molar-refractivity contribution in [1.29, 1.82) is 0 Å². The maximum atomic E-state index is 11.9. The Hall–Kier alpha value is -1.11. The van der Waals surface area contributed by atoms with Gasteiger partial charge < -0.3 is 15.6 Å². The number of hydrogen-bond donors (Lipinski definition) is 2. The molecule has 0 aliphatic rings. The van der Waals surface area contributed by atoms with Gasteiger partial charge in [0.15, 0.2) is 0 Å². The molecule has 1 atom stereocenters. The van der Waals surface area contributed by atoms with Crippen molar-refractivity contribution in [3.63, 3.8) is 0 Å². The van der Waals surface area contributed by atoms with Crippen molar-refractivity contribution < 1.29 is 23.0 Å². The predicted molar refractivity (Wildman–Crippen MR) is 60.9 cm³/mol. The van der Waals surface area contributed by atoms with Gasteiger partial charge in [0.1, 0.15) is 0 Å². The van der Waals surface area contributed by atoms with Crippen LogP contribution in [0.15, 0.2) is 30.3 Å². The number of ether oxygens (including phenoxy) is 1. The standard InChI is InChI=1S/C12H16F3NO2/c13-12(14,15)6-7-18-9-11(16,8-17)10-4-2-1-3-5-10/h1-5,17H,6-9,16H2. The fraction of sp³-hybridized carbons (Fsp3) is 0.500. The van der Waals surface area contributed by atoms with Crippen LogP contribution in [0.25, 0.3) is 0 Å². The fourth-order valence-corrected chi connectivity index (χ4v) is 1.43. The number of benzene rings is 1. The number of hydrogen-bond acceptors (Lipinski definition) is 3. The summed E-state index contributed by atoms with van der Waals surface area (Å²) in [6, 6.07) is 8.66. The third kappa shape index (κ3) is 4.64. The number of halogens is 3. The Balaban J connectivity index is 2.52. The van der Waals surface area contributed by atoms with Gasteiger partial charge in [-0.2, -0.15) is 13.2 Å². The third-order valence-corrected chi connectivity index (χ3v) is 2.52. The molecule has 0 saturated heterocycles. The molecular formula is C12H16F3NO2. The van der Waals surface area contributed by atoms with Crippen LogP contribution < -0.4 is 5.73 Å². The summed E-state index contributed by atoms with van der Waals surface area (Å²) in [5, 5.41) is 9.27. The molecule has 3 N–H and O–H groups in total. The quantitative estimate of drug-likeness (QED) is 0.769. The summed E-state index contributed by atoms with van der Waals surface area (Å²) in [4.78, 5) is 0. The average Bonchev–Trinajstić information content (AvgIpc) is 2.34. The second kappa shape index (κ2) is 6.17. The van der Waals surface area contributed by atoms with Gasteiger partial charge in [0, 0.05) is 0 Å². The van der Waals surface area contributed by atoms with Crippen LogP contribution in [0.3, 0.4) is 0 Å². The Morgan fingerprint density at radius 3 is 2.28 bits per heavy atom. The first-order valence-electron chi connectivity index (χ1n) is 5.47. The smallest absolute Gasteiger partial charge is 0.391 e. The summed E-state index contributed by atoms with van der Waals surface area (Å²) < 4.78 is 40.7. The molecule has 0 aliphatic heterocycles. The van der Waals surface area contributed by atoms with Gasteiger partial charge in [0.2, 0.25) is 0 Å². The molecule has 102 valence electrons. The molecule has 0 spiro atoms. The molecule has 18 heavy (non-hydrogen) atoms. The van der Waals surface area contributed by atoms with Crippen LogP contribution in [0.1, 0.15) is 12.0 Å². The summed E-state index contributed by atoms with van der Waals surface area (Å²) in [5.41, 5.74) is 5.36. The predicted octanol–water partition coefficient (Wildman–Crippen LogP) is 1.80. The van der Waals surface area contributed by atoms with Crippen LogP contribution in [-0.2, 0) is 10.3 Å². The van der Waals surface area contributed by atoms with E-state index in [0.717, 1.165) is 0 Å². The average molecular weight is 263 g/mol. The number of nitrogens with two attached hydrogens (primary N) is 1. The first-order valence-corrected chi connectivity index (χ1v) is 5.47. The first kappa shape index (κ1) is 14.9. The summed E-state index contributed by atoms with van der Waals surface area (Å²) in [5.74, 6) is 0. The Kier molecular flexibility index (Phi) is 5.13. The SMILES string of the molecule is NC(CO)(COCCC(F)(F)F)c1ccccc1. The largest absolute Gasteiger partial charge is 0.394 e. The maximum Gasteiger partial charge on any atom is 0.391 e. The van der Waals surface area contributed by atoms with Crippen LogP contribution in [0, 0.1) is 0 Å². The number of aliphatic hydroxyl groups excluding tert-OH is 1. The lowest BCUT2D eigenvalue weighted by molar-refractivity contribution is -0.146. The minimum absolute atomic E-state index is 0.163. The number of alkyl halides is 3. The van der Waals surface area contributed by atoms with Crippen molar-refractivity contribution in [2.24, 2.45) is 5.73 Å². The van der Waals surface area contributed by atoms with E-state index in [4.69, 9.17) is 10.5 Å². The van der Waals surface area contributed by atoms with E-state index < -0.39 is 31.3 Å². The van der Waals surface area contributed by atoms with Crippen molar-refractivity contribution in [2.45, 2.75) is 18.1 Å². The van der Waals surface area contributed by atoms with E-state index in [1.54, 1.807) is 30.3 Å². The van der Waals surface area contributed by atoms with E-state index >= 15 is 0 Å². The second-order valence-corrected chi connectivity index (χ2v) is 4.10. The Morgan fingerprint density at radius 2 is 1.78 bits per heavy atom. The maximum absolute atomic E-state index is 11.9. The van der Waals surface area contributed by atoms with Crippen molar-refractivity contribution in [1.82, 2.24) is 0 Å². The van der Waals surface area contributed by atoms with Gasteiger partial charge >= 0.3 is 6.18 Å². The number of aliphatic hydroxyl groups is 1. The topological polar surface area (TPSA) is 55.5 Å². The zero-order valence-electron chi connectivity index (χ0n) is 9.78. The highest BCUT2D eigenvalue weighted by atomic mass is 19.4. The van der Waals surface area contributed by atoms with Gasteiger partial charge in [-0.25, -0.2) is 0 Å². The van der Waals surface area contributed by atoms with Crippen LogP contribution in [0.4, 0.5) is 13.2 Å². The molecule has 3 nitrogen and oxygen atoms in total. The van der Waals surface area contributed by atoms with E-state index in [1.165, 1.54) is 0 Å². The highest BCUT2D eigenvalue weighted by Crippen LogP contribution is 2.21. The zero-order valence-corrected chi connectivity index (χ0v) is 9.78. The van der Waals surface area contributed by atoms with Crippen molar-refractivity contribution in [3.05, 3.63) is 35.9 Å². The van der Waals surface area contributed by atoms with Crippen LogP contribution in [0.5, 0.6) is 0 Å². The van der Waals surface area contributed by atoms with E-state index in [2.05, 4.69) is 0 Å². The van der Waals surface area contributed by atoms with Gasteiger partial charge in [0.05, 0.1) is 31.8 Å². The van der Waals surface area contributed by atoms with Gasteiger partial charge in [0.25, 0.3) is 0 Å². The van der Waals surface area contributed by atoms with E-state index in [0.29, 0.717) is 5.56 Å². The highest BCUT2D eigenvalue weighted by molar-refractivity contribution is 5.24. The third-order valence-electron chi connectivity index (χ3n) is 2.52. The zero-order chi connectivity index (χ0) is 13.6. The van der Waals surface area contributed by atoms with Crippen molar-refractivity contribution in [2.75, 3.05) is 19.8 Å². The van der Waals surface area contributed by atoms with Crippen molar-refractivity contribution >= 4 is 0 Å². The molecule has 0 heterocycles. The molecule has 1 rings (SSSR count). The molecule has 0 aromatic heterocycles. The summed E-state index contributed by atoms with van der Waals surface area (Å²) in [6.45, 7) is -1.03. The van der Waals surface area contributed by atoms with E-state index in [9.17, 15) is 18.3 Å². The number of rotatable bonds is 6. The molecule has 1 aromatic rings. The minimum atomic E-state index is -4.25. The molecule has 0 aliphatic carbocycles. The Labute approximate surface area is 103 Å². The summed E-state index contributed by atoms with van der Waals surface area (Å²) in [6.07, 6.45) is -5.27. The lowest BCUT2D eigenvalue weighted by atomic mass is 9.93. The fourth-order valence-electron chi connectivity index (χ4n) is 1.43. The Bertz CT molecular complexity index is 356. The lowest BCUT2D eigenvalue weighted by Gasteiger charge is -2.27. The molecule has 1 unspecified atom stereocenters. The van der Waals surface area contributed by atoms with Gasteiger partial charge in [-0.3, -0.25) is 0 Å². The van der Waals surface area contributed by atoms with Gasteiger partial charge in [-0.05, 0) is 5.56 Å². The van der Waals surface area contributed by atoms with Gasteiger partial charge in [-0.15, -0.1) is 0 Å². The molecule has 0 saturated carbocycles. The Morgan fingerprint density at radius 1 is 1.17 bits per heavy atom. The molecule has 0 amide bonds. The van der Waals surface area contributed by atoms with E-state index in [1.807, 2.05) is 0 Å². The van der Waals surface area contributed by atoms with Crippen LogP contribution in [-0.4, -0.2) is 31.1 Å². The molecular weight excluding hydrogens is 247 g/mol. The van der Waals surface area contributed by atoms with Crippen LogP contribution in [0.2, 0.25) is 0 Å².